The molecule has 1 atom stereocenters. The van der Waals surface area contributed by atoms with Crippen molar-refractivity contribution in [3.63, 3.8) is 0 Å². The lowest BCUT2D eigenvalue weighted by Gasteiger charge is -2.14. The number of benzene rings is 2. The zero-order valence-corrected chi connectivity index (χ0v) is 14.8. The first-order valence-corrected chi connectivity index (χ1v) is 8.48. The van der Waals surface area contributed by atoms with Gasteiger partial charge in [0.25, 0.3) is 11.5 Å². The van der Waals surface area contributed by atoms with Crippen molar-refractivity contribution < 1.29 is 14.3 Å². The summed E-state index contributed by atoms with van der Waals surface area (Å²) in [6.45, 7) is 1.12. The van der Waals surface area contributed by atoms with E-state index in [4.69, 9.17) is 4.74 Å². The van der Waals surface area contributed by atoms with E-state index >= 15 is 0 Å². The van der Waals surface area contributed by atoms with Crippen molar-refractivity contribution >= 4 is 22.8 Å². The number of hydrogen-bond donors (Lipinski definition) is 1. The fourth-order valence-electron chi connectivity index (χ4n) is 2.66. The number of esters is 1. The number of ether oxygens (including phenoxy) is 1. The Bertz CT molecular complexity index is 1010. The van der Waals surface area contributed by atoms with Crippen LogP contribution in [0, 0.1) is 0 Å². The molecule has 3 rings (SSSR count). The Morgan fingerprint density at radius 3 is 2.59 bits per heavy atom. The van der Waals surface area contributed by atoms with Gasteiger partial charge in [-0.25, -0.2) is 4.98 Å². The molecule has 3 aromatic rings. The van der Waals surface area contributed by atoms with E-state index in [1.54, 1.807) is 24.3 Å². The molecule has 0 bridgehead atoms. The molecule has 1 N–H and O–H groups in total. The molecule has 138 valence electrons. The van der Waals surface area contributed by atoms with E-state index in [9.17, 15) is 14.4 Å². The lowest BCUT2D eigenvalue weighted by Crippen LogP contribution is -2.32. The number of para-hydroxylation sites is 1. The summed E-state index contributed by atoms with van der Waals surface area (Å²) in [5.74, 6) is -1.10. The van der Waals surface area contributed by atoms with Crippen LogP contribution in [0.5, 0.6) is 0 Å². The lowest BCUT2D eigenvalue weighted by molar-refractivity contribution is -0.149. The number of amides is 1. The fourth-order valence-corrected chi connectivity index (χ4v) is 2.66. The van der Waals surface area contributed by atoms with Gasteiger partial charge in [-0.05, 0) is 24.6 Å². The van der Waals surface area contributed by atoms with E-state index in [1.165, 1.54) is 6.33 Å². The number of nitrogens with one attached hydrogen (secondary N) is 1. The van der Waals surface area contributed by atoms with Crippen LogP contribution in [-0.2, 0) is 20.9 Å². The fraction of sp³-hybridized carbons (Fsp3) is 0.200. The van der Waals surface area contributed by atoms with Crippen LogP contribution >= 0.6 is 0 Å². The molecule has 0 saturated carbocycles. The summed E-state index contributed by atoms with van der Waals surface area (Å²) in [5, 5.41) is 3.17. The SMILES string of the molecule is CC(NC(=O)COC(=O)Cn1cnc2ccccc2c1=O)c1ccccc1. The van der Waals surface area contributed by atoms with Crippen LogP contribution in [0.2, 0.25) is 0 Å². The van der Waals surface area contributed by atoms with Gasteiger partial charge in [0.2, 0.25) is 0 Å². The smallest absolute Gasteiger partial charge is 0.326 e. The van der Waals surface area contributed by atoms with Crippen LogP contribution in [0.15, 0.2) is 65.7 Å². The Kier molecular flexibility index (Phi) is 5.61. The number of fused-ring (bicyclic) bond motifs is 1. The Labute approximate surface area is 155 Å². The first-order chi connectivity index (χ1) is 13.0. The van der Waals surface area contributed by atoms with Crippen LogP contribution in [-0.4, -0.2) is 28.0 Å². The van der Waals surface area contributed by atoms with E-state index in [2.05, 4.69) is 10.3 Å². The zero-order valence-electron chi connectivity index (χ0n) is 14.8. The molecule has 1 unspecified atom stereocenters. The highest BCUT2D eigenvalue weighted by atomic mass is 16.5. The molecule has 0 saturated heterocycles. The van der Waals surface area contributed by atoms with Crippen molar-refractivity contribution in [1.82, 2.24) is 14.9 Å². The molecule has 0 aliphatic carbocycles. The molecule has 1 aromatic heterocycles. The summed E-state index contributed by atoms with van der Waals surface area (Å²) >= 11 is 0. The lowest BCUT2D eigenvalue weighted by atomic mass is 10.1. The molecule has 2 aromatic carbocycles. The summed E-state index contributed by atoms with van der Waals surface area (Å²) in [6.07, 6.45) is 1.30. The van der Waals surface area contributed by atoms with Gasteiger partial charge in [-0.3, -0.25) is 19.0 Å². The van der Waals surface area contributed by atoms with Gasteiger partial charge in [0.1, 0.15) is 6.54 Å². The molecule has 1 amide bonds. The highest BCUT2D eigenvalue weighted by Crippen LogP contribution is 2.10. The quantitative estimate of drug-likeness (QED) is 0.673. The van der Waals surface area contributed by atoms with Crippen molar-refractivity contribution in [2.75, 3.05) is 6.61 Å². The minimum Gasteiger partial charge on any atom is -0.454 e. The maximum Gasteiger partial charge on any atom is 0.326 e. The molecule has 7 nitrogen and oxygen atoms in total. The molecular weight excluding hydrogens is 346 g/mol. The standard InChI is InChI=1S/C20H19N3O4/c1-14(15-7-3-2-4-8-15)22-18(24)12-27-19(25)11-23-13-21-17-10-6-5-9-16(17)20(23)26/h2-10,13-14H,11-12H2,1H3,(H,22,24). The van der Waals surface area contributed by atoms with Crippen LogP contribution in [0.25, 0.3) is 10.9 Å². The summed E-state index contributed by atoms with van der Waals surface area (Å²) in [6, 6.07) is 16.1. The van der Waals surface area contributed by atoms with E-state index in [0.717, 1.165) is 10.1 Å². The number of rotatable bonds is 6. The first-order valence-electron chi connectivity index (χ1n) is 8.48. The molecule has 1 heterocycles. The van der Waals surface area contributed by atoms with Crippen LogP contribution < -0.4 is 10.9 Å². The van der Waals surface area contributed by atoms with Crippen LogP contribution in [0.3, 0.4) is 0 Å². The van der Waals surface area contributed by atoms with Gasteiger partial charge in [0.15, 0.2) is 6.61 Å². The van der Waals surface area contributed by atoms with E-state index < -0.39 is 18.5 Å². The normalized spacial score (nSPS) is 11.7. The molecule has 7 heteroatoms. The number of carbonyl (C=O) groups is 2. The maximum atomic E-state index is 12.3. The monoisotopic (exact) mass is 365 g/mol. The van der Waals surface area contributed by atoms with E-state index in [-0.39, 0.29) is 18.1 Å². The van der Waals surface area contributed by atoms with Crippen molar-refractivity contribution in [2.24, 2.45) is 0 Å². The molecular formula is C20H19N3O4. The van der Waals surface area contributed by atoms with Crippen LogP contribution in [0.4, 0.5) is 0 Å². The Morgan fingerprint density at radius 1 is 1.11 bits per heavy atom. The van der Waals surface area contributed by atoms with Crippen molar-refractivity contribution in [3.8, 4) is 0 Å². The highest BCUT2D eigenvalue weighted by molar-refractivity contribution is 5.81. The van der Waals surface area contributed by atoms with Gasteiger partial charge in [-0.2, -0.15) is 0 Å². The third-order valence-electron chi connectivity index (χ3n) is 4.07. The zero-order chi connectivity index (χ0) is 19.2. The first kappa shape index (κ1) is 18.3. The predicted molar refractivity (Wildman–Crippen MR) is 100.0 cm³/mol. The Morgan fingerprint density at radius 2 is 1.81 bits per heavy atom. The van der Waals surface area contributed by atoms with Gasteiger partial charge in [0.05, 0.1) is 23.3 Å². The minimum atomic E-state index is -0.684. The molecule has 0 fully saturated rings. The summed E-state index contributed by atoms with van der Waals surface area (Å²) in [5.41, 5.74) is 1.17. The van der Waals surface area contributed by atoms with Gasteiger partial charge in [-0.15, -0.1) is 0 Å². The highest BCUT2D eigenvalue weighted by Gasteiger charge is 2.13. The van der Waals surface area contributed by atoms with Crippen LogP contribution in [0.1, 0.15) is 18.5 Å². The van der Waals surface area contributed by atoms with Gasteiger partial charge in [-0.1, -0.05) is 42.5 Å². The summed E-state index contributed by atoms with van der Waals surface area (Å²) < 4.78 is 6.13. The number of aromatic nitrogens is 2. The van der Waals surface area contributed by atoms with Crippen molar-refractivity contribution in [1.29, 1.82) is 0 Å². The number of carbonyl (C=O) groups excluding carboxylic acids is 2. The maximum absolute atomic E-state index is 12.3. The van der Waals surface area contributed by atoms with Crippen molar-refractivity contribution in [3.05, 3.63) is 76.8 Å². The van der Waals surface area contributed by atoms with Gasteiger partial charge >= 0.3 is 5.97 Å². The molecule has 0 aliphatic heterocycles. The minimum absolute atomic E-state index is 0.204. The molecule has 27 heavy (non-hydrogen) atoms. The second kappa shape index (κ2) is 8.27. The molecule has 0 aliphatic rings. The summed E-state index contributed by atoms with van der Waals surface area (Å²) in [4.78, 5) is 40.4. The largest absolute Gasteiger partial charge is 0.454 e. The Balaban J connectivity index is 1.55. The average molecular weight is 365 g/mol. The van der Waals surface area contributed by atoms with Gasteiger partial charge in [0, 0.05) is 0 Å². The molecule has 0 radical (unpaired) electrons. The molecule has 0 spiro atoms. The third-order valence-corrected chi connectivity index (χ3v) is 4.07. The van der Waals surface area contributed by atoms with E-state index in [0.29, 0.717) is 10.9 Å². The number of nitrogens with zero attached hydrogens (tertiary/aromatic N) is 2. The van der Waals surface area contributed by atoms with E-state index in [1.807, 2.05) is 37.3 Å². The topological polar surface area (TPSA) is 90.3 Å². The second-order valence-electron chi connectivity index (χ2n) is 6.06. The van der Waals surface area contributed by atoms with Crippen molar-refractivity contribution in [2.45, 2.75) is 19.5 Å². The third kappa shape index (κ3) is 4.58. The van der Waals surface area contributed by atoms with Gasteiger partial charge < -0.3 is 10.1 Å². The average Bonchev–Trinajstić information content (AvgIpc) is 2.69. The summed E-state index contributed by atoms with van der Waals surface area (Å²) in [7, 11) is 0. The Hall–Kier alpha value is -3.48. The number of hydrogen-bond acceptors (Lipinski definition) is 5. The predicted octanol–water partition coefficient (Wildman–Crippen LogP) is 1.82. The second-order valence-corrected chi connectivity index (χ2v) is 6.06.